The lowest BCUT2D eigenvalue weighted by atomic mass is 10.0. The molecule has 3 rings (SSSR count). The first-order valence-corrected chi connectivity index (χ1v) is 5.52. The third-order valence-corrected chi connectivity index (χ3v) is 3.35. The molecule has 0 fully saturated rings. The maximum Gasteiger partial charge on any atom is 0.0488 e. The summed E-state index contributed by atoms with van der Waals surface area (Å²) in [7, 11) is 2.16. The maximum absolute atomic E-state index is 2.31. The Morgan fingerprint density at radius 3 is 3.00 bits per heavy atom. The first-order chi connectivity index (χ1) is 7.27. The van der Waals surface area contributed by atoms with Crippen molar-refractivity contribution in [2.24, 2.45) is 7.05 Å². The highest BCUT2D eigenvalue weighted by molar-refractivity contribution is 5.89. The summed E-state index contributed by atoms with van der Waals surface area (Å²) < 4.78 is 2.31. The van der Waals surface area contributed by atoms with E-state index in [-0.39, 0.29) is 0 Å². The Kier molecular flexibility index (Phi) is 1.75. The van der Waals surface area contributed by atoms with E-state index in [1.54, 1.807) is 0 Å². The van der Waals surface area contributed by atoms with Crippen LogP contribution in [0.2, 0.25) is 0 Å². The van der Waals surface area contributed by atoms with E-state index in [9.17, 15) is 0 Å². The molecular formula is C14H15N. The minimum Gasteiger partial charge on any atom is -0.344 e. The van der Waals surface area contributed by atoms with Crippen molar-refractivity contribution in [2.45, 2.75) is 19.8 Å². The van der Waals surface area contributed by atoms with E-state index in [0.29, 0.717) is 0 Å². The Balaban J connectivity index is 2.45. The number of allylic oxidation sites excluding steroid dienone is 1. The van der Waals surface area contributed by atoms with Crippen molar-refractivity contribution in [3.05, 3.63) is 41.1 Å². The molecule has 0 spiro atoms. The predicted molar refractivity (Wildman–Crippen MR) is 65.0 cm³/mol. The first kappa shape index (κ1) is 8.78. The zero-order valence-corrected chi connectivity index (χ0v) is 9.25. The molecule has 1 aliphatic carbocycles. The summed E-state index contributed by atoms with van der Waals surface area (Å²) in [4.78, 5) is 0. The van der Waals surface area contributed by atoms with E-state index in [0.717, 1.165) is 0 Å². The van der Waals surface area contributed by atoms with Crippen LogP contribution < -0.4 is 0 Å². The van der Waals surface area contributed by atoms with Crippen LogP contribution in [0.3, 0.4) is 0 Å². The van der Waals surface area contributed by atoms with Crippen molar-refractivity contribution in [1.82, 2.24) is 4.57 Å². The van der Waals surface area contributed by atoms with E-state index in [2.05, 4.69) is 48.9 Å². The molecule has 0 bridgehead atoms. The van der Waals surface area contributed by atoms with Gasteiger partial charge in [0.05, 0.1) is 0 Å². The smallest absolute Gasteiger partial charge is 0.0488 e. The van der Waals surface area contributed by atoms with Gasteiger partial charge in [0.15, 0.2) is 0 Å². The number of hydrogen-bond acceptors (Lipinski definition) is 0. The van der Waals surface area contributed by atoms with Gasteiger partial charge in [-0.15, -0.1) is 0 Å². The van der Waals surface area contributed by atoms with E-state index >= 15 is 0 Å². The van der Waals surface area contributed by atoms with E-state index in [1.807, 2.05) is 0 Å². The molecule has 1 nitrogen and oxygen atoms in total. The third-order valence-electron chi connectivity index (χ3n) is 3.35. The standard InChI is InChI=1S/C14H15N/c1-10-7-8-12-11-5-3-4-6-13(11)15(2)14(12)9-10/h4,6-9H,3,5H2,1-2H3. The van der Waals surface area contributed by atoms with Crippen LogP contribution in [0.4, 0.5) is 0 Å². The van der Waals surface area contributed by atoms with Gasteiger partial charge in [-0.1, -0.05) is 18.2 Å². The normalized spacial score (nSPS) is 14.5. The number of aromatic nitrogens is 1. The Morgan fingerprint density at radius 2 is 2.13 bits per heavy atom. The highest BCUT2D eigenvalue weighted by atomic mass is 14.9. The van der Waals surface area contributed by atoms with Crippen molar-refractivity contribution in [3.8, 4) is 0 Å². The van der Waals surface area contributed by atoms with Crippen molar-refractivity contribution in [2.75, 3.05) is 0 Å². The molecule has 1 aromatic heterocycles. The third kappa shape index (κ3) is 1.16. The highest BCUT2D eigenvalue weighted by Crippen LogP contribution is 2.30. The number of fused-ring (bicyclic) bond motifs is 3. The molecule has 0 radical (unpaired) electrons. The summed E-state index contributed by atoms with van der Waals surface area (Å²) in [6.45, 7) is 2.15. The summed E-state index contributed by atoms with van der Waals surface area (Å²) in [6, 6.07) is 6.76. The van der Waals surface area contributed by atoms with Crippen molar-refractivity contribution < 1.29 is 0 Å². The molecule has 0 saturated heterocycles. The molecule has 0 amide bonds. The number of aryl methyl sites for hydroxylation is 3. The largest absolute Gasteiger partial charge is 0.344 e. The van der Waals surface area contributed by atoms with Crippen LogP contribution in [-0.4, -0.2) is 4.57 Å². The van der Waals surface area contributed by atoms with Crippen LogP contribution in [0.25, 0.3) is 17.0 Å². The summed E-state index contributed by atoms with van der Waals surface area (Å²) >= 11 is 0. The second kappa shape index (κ2) is 2.99. The minimum atomic E-state index is 1.18. The van der Waals surface area contributed by atoms with Gasteiger partial charge in [0.1, 0.15) is 0 Å². The zero-order valence-electron chi connectivity index (χ0n) is 9.25. The molecule has 1 heterocycles. The lowest BCUT2D eigenvalue weighted by Gasteiger charge is -2.06. The minimum absolute atomic E-state index is 1.18. The predicted octanol–water partition coefficient (Wildman–Crippen LogP) is 3.45. The van der Waals surface area contributed by atoms with Crippen LogP contribution in [-0.2, 0) is 13.5 Å². The van der Waals surface area contributed by atoms with E-state index in [4.69, 9.17) is 0 Å². The molecular weight excluding hydrogens is 182 g/mol. The fourth-order valence-corrected chi connectivity index (χ4v) is 2.54. The Hall–Kier alpha value is -1.50. The zero-order chi connectivity index (χ0) is 10.4. The summed E-state index contributed by atoms with van der Waals surface area (Å²) in [5.41, 5.74) is 5.62. The van der Waals surface area contributed by atoms with Crippen LogP contribution in [0.5, 0.6) is 0 Å². The van der Waals surface area contributed by atoms with Crippen molar-refractivity contribution in [3.63, 3.8) is 0 Å². The molecule has 0 atom stereocenters. The Labute approximate surface area is 90.0 Å². The van der Waals surface area contributed by atoms with Crippen LogP contribution in [0, 0.1) is 6.92 Å². The molecule has 0 unspecified atom stereocenters. The maximum atomic E-state index is 2.31. The summed E-state index contributed by atoms with van der Waals surface area (Å²) in [5, 5.41) is 1.43. The second-order valence-electron chi connectivity index (χ2n) is 4.38. The van der Waals surface area contributed by atoms with Gasteiger partial charge in [0, 0.05) is 23.6 Å². The summed E-state index contributed by atoms with van der Waals surface area (Å²) in [6.07, 6.45) is 6.90. The quantitative estimate of drug-likeness (QED) is 0.609. The van der Waals surface area contributed by atoms with Gasteiger partial charge in [0.25, 0.3) is 0 Å². The van der Waals surface area contributed by atoms with Crippen molar-refractivity contribution in [1.29, 1.82) is 0 Å². The van der Waals surface area contributed by atoms with Gasteiger partial charge in [-0.2, -0.15) is 0 Å². The van der Waals surface area contributed by atoms with Gasteiger partial charge in [-0.3, -0.25) is 0 Å². The van der Waals surface area contributed by atoms with Gasteiger partial charge in [-0.25, -0.2) is 0 Å². The molecule has 76 valence electrons. The average Bonchev–Trinajstić information content (AvgIpc) is 2.54. The van der Waals surface area contributed by atoms with Crippen molar-refractivity contribution >= 4 is 17.0 Å². The van der Waals surface area contributed by atoms with Crippen LogP contribution >= 0.6 is 0 Å². The van der Waals surface area contributed by atoms with Gasteiger partial charge < -0.3 is 4.57 Å². The Morgan fingerprint density at radius 1 is 1.27 bits per heavy atom. The molecule has 1 aliphatic rings. The number of benzene rings is 1. The SMILES string of the molecule is Cc1ccc2c3c(n(C)c2c1)C=CCC3. The molecule has 15 heavy (non-hydrogen) atoms. The molecule has 2 aromatic rings. The topological polar surface area (TPSA) is 4.93 Å². The van der Waals surface area contributed by atoms with Gasteiger partial charge in [-0.05, 0) is 43.0 Å². The highest BCUT2D eigenvalue weighted by Gasteiger charge is 2.14. The first-order valence-electron chi connectivity index (χ1n) is 5.52. The van der Waals surface area contributed by atoms with E-state index in [1.165, 1.54) is 40.6 Å². The van der Waals surface area contributed by atoms with Gasteiger partial charge >= 0.3 is 0 Å². The van der Waals surface area contributed by atoms with E-state index < -0.39 is 0 Å². The lowest BCUT2D eigenvalue weighted by molar-refractivity contribution is 0.908. The molecule has 0 saturated carbocycles. The summed E-state index contributed by atoms with van der Waals surface area (Å²) in [5.74, 6) is 0. The monoisotopic (exact) mass is 197 g/mol. The van der Waals surface area contributed by atoms with Gasteiger partial charge in [0.2, 0.25) is 0 Å². The lowest BCUT2D eigenvalue weighted by Crippen LogP contribution is -1.96. The fourth-order valence-electron chi connectivity index (χ4n) is 2.54. The van der Waals surface area contributed by atoms with Crippen LogP contribution in [0.15, 0.2) is 24.3 Å². The fraction of sp³-hybridized carbons (Fsp3) is 0.286. The van der Waals surface area contributed by atoms with Crippen LogP contribution in [0.1, 0.15) is 23.2 Å². The molecule has 0 N–H and O–H groups in total. The number of rotatable bonds is 0. The molecule has 1 aromatic carbocycles. The molecule has 0 aliphatic heterocycles. The Bertz CT molecular complexity index is 558. The average molecular weight is 197 g/mol. The second-order valence-corrected chi connectivity index (χ2v) is 4.38. The number of hydrogen-bond donors (Lipinski definition) is 0. The molecule has 1 heteroatoms. The number of nitrogens with zero attached hydrogens (tertiary/aromatic N) is 1.